The molecule has 92 heavy (non-hydrogen) atoms. The summed E-state index contributed by atoms with van der Waals surface area (Å²) in [5.41, 5.74) is 0. The van der Waals surface area contributed by atoms with Crippen molar-refractivity contribution in [2.24, 2.45) is 0 Å². The molecular weight excluding hydrogens is 1160 g/mol. The highest BCUT2D eigenvalue weighted by atomic mass is 31.2. The molecule has 0 spiro atoms. The summed E-state index contributed by atoms with van der Waals surface area (Å²) < 4.78 is 34.4. The van der Waals surface area contributed by atoms with E-state index in [1.165, 1.54) is 321 Å². The zero-order chi connectivity index (χ0) is 66.9. The molecule has 0 aliphatic carbocycles. The highest BCUT2D eigenvalue weighted by Gasteiger charge is 2.22. The van der Waals surface area contributed by atoms with Crippen LogP contribution < -0.4 is 4.89 Å². The van der Waals surface area contributed by atoms with Crippen LogP contribution in [0.15, 0.2) is 48.6 Å². The second-order valence-electron chi connectivity index (χ2n) is 28.8. The van der Waals surface area contributed by atoms with E-state index in [4.69, 9.17) is 18.5 Å². The maximum atomic E-state index is 12.9. The largest absolute Gasteiger partial charge is 0.756 e. The summed E-state index contributed by atoms with van der Waals surface area (Å²) in [6.45, 7) is 4.21. The topological polar surface area (TPSA) is 111 Å². The predicted octanol–water partition coefficient (Wildman–Crippen LogP) is 26.1. The van der Waals surface area contributed by atoms with E-state index < -0.39 is 26.5 Å². The number of unbranched alkanes of at least 4 members (excludes halogenated alkanes) is 54. The third-order valence-electron chi connectivity index (χ3n) is 18.4. The number of nitrogens with zero attached hydrogens (tertiary/aromatic N) is 1. The number of likely N-dealkylation sites (N-methyl/N-ethyl adjacent to an activating group) is 1. The van der Waals surface area contributed by atoms with Crippen LogP contribution in [0.3, 0.4) is 0 Å². The number of quaternary nitrogens is 1. The van der Waals surface area contributed by atoms with E-state index in [0.717, 1.165) is 57.8 Å². The fourth-order valence-corrected chi connectivity index (χ4v) is 13.0. The molecule has 2 unspecified atom stereocenters. The molecule has 0 bridgehead atoms. The van der Waals surface area contributed by atoms with Gasteiger partial charge in [-0.05, 0) is 51.4 Å². The van der Waals surface area contributed by atoms with E-state index in [9.17, 15) is 19.0 Å². The van der Waals surface area contributed by atoms with Crippen molar-refractivity contribution in [2.45, 2.75) is 418 Å². The first-order valence-corrected chi connectivity index (χ1v) is 41.8. The maximum absolute atomic E-state index is 12.9. The molecule has 0 fully saturated rings. The fraction of sp³-hybridized carbons (Fsp3) is 0.878. The van der Waals surface area contributed by atoms with Gasteiger partial charge in [0.15, 0.2) is 6.10 Å². The fourth-order valence-electron chi connectivity index (χ4n) is 12.2. The summed E-state index contributed by atoms with van der Waals surface area (Å²) in [4.78, 5) is 38.2. The van der Waals surface area contributed by atoms with Gasteiger partial charge in [-0.1, -0.05) is 396 Å². The molecule has 0 aromatic rings. The Morgan fingerprint density at radius 2 is 0.620 bits per heavy atom. The van der Waals surface area contributed by atoms with Crippen molar-refractivity contribution >= 4 is 19.8 Å². The molecule has 2 atom stereocenters. The molecule has 0 radical (unpaired) electrons. The van der Waals surface area contributed by atoms with E-state index >= 15 is 0 Å². The van der Waals surface area contributed by atoms with Crippen LogP contribution in [0.25, 0.3) is 0 Å². The Morgan fingerprint density at radius 3 is 0.924 bits per heavy atom. The Hall–Kier alpha value is -2.03. The minimum atomic E-state index is -4.64. The second-order valence-corrected chi connectivity index (χ2v) is 30.2. The lowest BCUT2D eigenvalue weighted by Crippen LogP contribution is -2.37. The number of phosphoric acid groups is 1. The Balaban J connectivity index is 3.90. The van der Waals surface area contributed by atoms with Crippen molar-refractivity contribution < 1.29 is 42.1 Å². The van der Waals surface area contributed by atoms with Gasteiger partial charge in [0, 0.05) is 12.8 Å². The van der Waals surface area contributed by atoms with Gasteiger partial charge >= 0.3 is 11.9 Å². The average molecular weight is 1320 g/mol. The summed E-state index contributed by atoms with van der Waals surface area (Å²) in [5.74, 6) is -0.808. The van der Waals surface area contributed by atoms with E-state index in [2.05, 4.69) is 62.5 Å². The number of hydrogen-bond acceptors (Lipinski definition) is 8. The van der Waals surface area contributed by atoms with Gasteiger partial charge < -0.3 is 27.9 Å². The van der Waals surface area contributed by atoms with Crippen molar-refractivity contribution in [2.75, 3.05) is 47.5 Å². The SMILES string of the molecule is CC/C=C\C/C=C\C/C=C\C/C=C\CCCCCCCCCCCCCCCCCCCCCCC(=O)OC(COC(=O)CCCCCCCCCCCCCCCCCCCCCCCCCCCCCCCCCCCCC)COP(=O)([O-])OCC[N+](C)(C)C. The van der Waals surface area contributed by atoms with Gasteiger partial charge in [0.2, 0.25) is 0 Å². The van der Waals surface area contributed by atoms with Gasteiger partial charge in [-0.15, -0.1) is 0 Å². The number of carbonyl (C=O) groups is 2. The Bertz CT molecular complexity index is 1690. The van der Waals surface area contributed by atoms with Gasteiger partial charge in [0.25, 0.3) is 7.82 Å². The third kappa shape index (κ3) is 77.0. The van der Waals surface area contributed by atoms with Crippen LogP contribution in [-0.4, -0.2) is 70.0 Å². The summed E-state index contributed by atoms with van der Waals surface area (Å²) in [6.07, 6.45) is 96.8. The maximum Gasteiger partial charge on any atom is 0.306 e. The summed E-state index contributed by atoms with van der Waals surface area (Å²) >= 11 is 0. The van der Waals surface area contributed by atoms with E-state index in [1.807, 2.05) is 21.1 Å². The smallest absolute Gasteiger partial charge is 0.306 e. The third-order valence-corrected chi connectivity index (χ3v) is 19.3. The van der Waals surface area contributed by atoms with Crippen molar-refractivity contribution in [3.63, 3.8) is 0 Å². The molecule has 9 nitrogen and oxygen atoms in total. The molecule has 0 aromatic carbocycles. The molecule has 0 saturated heterocycles. The van der Waals surface area contributed by atoms with Crippen LogP contribution in [0, 0.1) is 0 Å². The van der Waals surface area contributed by atoms with Gasteiger partial charge in [0.1, 0.15) is 19.8 Å². The Kier molecular flexibility index (Phi) is 71.6. The van der Waals surface area contributed by atoms with Gasteiger partial charge in [-0.2, -0.15) is 0 Å². The molecule has 0 aromatic heterocycles. The monoisotopic (exact) mass is 1310 g/mol. The highest BCUT2D eigenvalue weighted by molar-refractivity contribution is 7.45. The first-order valence-electron chi connectivity index (χ1n) is 40.3. The van der Waals surface area contributed by atoms with Crippen molar-refractivity contribution in [1.82, 2.24) is 0 Å². The first-order chi connectivity index (χ1) is 45.0. The summed E-state index contributed by atoms with van der Waals surface area (Å²) in [7, 11) is 1.19. The lowest BCUT2D eigenvalue weighted by atomic mass is 10.0. The number of hydrogen-bond donors (Lipinski definition) is 0. The first kappa shape index (κ1) is 90.0. The number of allylic oxidation sites excluding steroid dienone is 8. The van der Waals surface area contributed by atoms with Crippen molar-refractivity contribution in [1.29, 1.82) is 0 Å². The zero-order valence-electron chi connectivity index (χ0n) is 62.0. The minimum Gasteiger partial charge on any atom is -0.756 e. The molecule has 542 valence electrons. The second kappa shape index (κ2) is 73.2. The quantitative estimate of drug-likeness (QED) is 0.0195. The van der Waals surface area contributed by atoms with Crippen LogP contribution >= 0.6 is 7.82 Å². The highest BCUT2D eigenvalue weighted by Crippen LogP contribution is 2.38. The lowest BCUT2D eigenvalue weighted by molar-refractivity contribution is -0.870. The van der Waals surface area contributed by atoms with Crippen LogP contribution in [-0.2, 0) is 32.7 Å². The predicted molar refractivity (Wildman–Crippen MR) is 397 cm³/mol. The van der Waals surface area contributed by atoms with Gasteiger partial charge in [-0.3, -0.25) is 14.2 Å². The van der Waals surface area contributed by atoms with E-state index in [0.29, 0.717) is 17.4 Å². The normalized spacial score (nSPS) is 13.2. The molecule has 0 aliphatic rings. The van der Waals surface area contributed by atoms with E-state index in [-0.39, 0.29) is 32.0 Å². The van der Waals surface area contributed by atoms with Crippen LogP contribution in [0.5, 0.6) is 0 Å². The van der Waals surface area contributed by atoms with Crippen LogP contribution in [0.4, 0.5) is 0 Å². The Morgan fingerprint density at radius 1 is 0.348 bits per heavy atom. The van der Waals surface area contributed by atoms with Crippen molar-refractivity contribution in [3.05, 3.63) is 48.6 Å². The number of carbonyl (C=O) groups excluding carboxylic acids is 2. The molecule has 0 aliphatic heterocycles. The summed E-state index contributed by atoms with van der Waals surface area (Å²) in [5, 5.41) is 0. The number of phosphoric ester groups is 1. The number of esters is 2. The lowest BCUT2D eigenvalue weighted by Gasteiger charge is -2.28. The standard InChI is InChI=1S/C82H156NO8P/c1-6-8-10-12-14-16-18-20-22-24-26-28-30-32-34-36-38-40-41-43-44-46-48-50-52-54-56-58-60-62-64-66-68-70-72-74-81(84)88-78-80(79-90-92(86,87)89-77-76-83(3,4)5)91-82(85)75-73-71-69-67-65-63-61-59-57-55-53-51-49-47-45-42-39-37-35-33-31-29-27-25-23-21-19-17-15-13-11-9-7-2/h9,11,15,17,21,23,27,29,80H,6-8,10,12-14,16,18-20,22,24-26,28,30-79H2,1-5H3/b11-9-,17-15-,23-21-,29-27-. The summed E-state index contributed by atoms with van der Waals surface area (Å²) in [6, 6.07) is 0. The number of ether oxygens (including phenoxy) is 2. The van der Waals surface area contributed by atoms with Gasteiger partial charge in [0.05, 0.1) is 27.7 Å². The van der Waals surface area contributed by atoms with Crippen molar-refractivity contribution in [3.8, 4) is 0 Å². The number of rotatable bonds is 76. The van der Waals surface area contributed by atoms with Crippen LogP contribution in [0.2, 0.25) is 0 Å². The van der Waals surface area contributed by atoms with E-state index in [1.54, 1.807) is 0 Å². The molecule has 0 heterocycles. The minimum absolute atomic E-state index is 0.0278. The zero-order valence-corrected chi connectivity index (χ0v) is 62.9. The molecule has 0 saturated carbocycles. The molecule has 0 amide bonds. The van der Waals surface area contributed by atoms with Gasteiger partial charge in [-0.25, -0.2) is 0 Å². The molecule has 0 N–H and O–H groups in total. The average Bonchev–Trinajstić information content (AvgIpc) is 2.23. The Labute approximate surface area is 573 Å². The molecule has 10 heteroatoms. The molecular formula is C82H156NO8P. The molecule has 0 rings (SSSR count). The van der Waals surface area contributed by atoms with Crippen LogP contribution in [0.1, 0.15) is 412 Å².